The predicted molar refractivity (Wildman–Crippen MR) is 57.4 cm³/mol. The van der Waals surface area contributed by atoms with Crippen LogP contribution in [0.15, 0.2) is 0 Å². The maximum atomic E-state index is 11.3. The number of primary amides is 1. The minimum atomic E-state index is -1.02. The van der Waals surface area contributed by atoms with E-state index >= 15 is 0 Å². The van der Waals surface area contributed by atoms with Crippen molar-refractivity contribution in [3.8, 4) is 0 Å². The summed E-state index contributed by atoms with van der Waals surface area (Å²) in [5.74, 6) is -1.85. The molecule has 0 aromatic rings. The summed E-state index contributed by atoms with van der Waals surface area (Å²) in [4.78, 5) is 32.6. The van der Waals surface area contributed by atoms with Gasteiger partial charge in [0.15, 0.2) is 0 Å². The van der Waals surface area contributed by atoms with Gasteiger partial charge in [0.1, 0.15) is 6.04 Å². The molecular formula is C10H18N2O4. The van der Waals surface area contributed by atoms with Crippen molar-refractivity contribution in [3.63, 3.8) is 0 Å². The molecule has 0 aromatic carbocycles. The molecule has 0 saturated carbocycles. The van der Waals surface area contributed by atoms with Crippen molar-refractivity contribution in [1.82, 2.24) is 5.32 Å². The number of carbonyl (C=O) groups excluding carboxylic acids is 2. The van der Waals surface area contributed by atoms with Gasteiger partial charge >= 0.3 is 5.97 Å². The molecular weight excluding hydrogens is 212 g/mol. The van der Waals surface area contributed by atoms with Crippen LogP contribution in [0.3, 0.4) is 0 Å². The Morgan fingerprint density at radius 3 is 2.25 bits per heavy atom. The van der Waals surface area contributed by atoms with Gasteiger partial charge in [0.2, 0.25) is 11.8 Å². The monoisotopic (exact) mass is 230 g/mol. The van der Waals surface area contributed by atoms with Gasteiger partial charge in [-0.2, -0.15) is 0 Å². The zero-order chi connectivity index (χ0) is 12.7. The summed E-state index contributed by atoms with van der Waals surface area (Å²) in [6.45, 7) is 3.74. The van der Waals surface area contributed by atoms with E-state index in [-0.39, 0.29) is 31.1 Å². The Balaban J connectivity index is 4.17. The standard InChI is InChI=1S/C10H18N2O4/c1-6(2)5-8(13)12-7(10(11)16)3-4-9(14)15/h6-7H,3-5H2,1-2H3,(H2,11,16)(H,12,13)(H,14,15)/t7-/m0/s1. The van der Waals surface area contributed by atoms with E-state index in [4.69, 9.17) is 10.8 Å². The smallest absolute Gasteiger partial charge is 0.303 e. The van der Waals surface area contributed by atoms with Crippen LogP contribution in [0.25, 0.3) is 0 Å². The van der Waals surface area contributed by atoms with Gasteiger partial charge in [0, 0.05) is 12.8 Å². The maximum Gasteiger partial charge on any atom is 0.303 e. The van der Waals surface area contributed by atoms with Crippen molar-refractivity contribution in [2.75, 3.05) is 0 Å². The predicted octanol–water partition coefficient (Wildman–Crippen LogP) is -0.133. The van der Waals surface area contributed by atoms with E-state index in [1.54, 1.807) is 0 Å². The van der Waals surface area contributed by atoms with Crippen LogP contribution in [0.5, 0.6) is 0 Å². The van der Waals surface area contributed by atoms with Crippen LogP contribution in [0, 0.1) is 5.92 Å². The van der Waals surface area contributed by atoms with Gasteiger partial charge in [-0.05, 0) is 12.3 Å². The lowest BCUT2D eigenvalue weighted by atomic mass is 10.1. The Hall–Kier alpha value is -1.59. The number of hydrogen-bond donors (Lipinski definition) is 3. The molecule has 0 bridgehead atoms. The second-order valence-corrected chi connectivity index (χ2v) is 4.05. The van der Waals surface area contributed by atoms with Gasteiger partial charge < -0.3 is 16.2 Å². The minimum absolute atomic E-state index is 0.0223. The molecule has 92 valence electrons. The van der Waals surface area contributed by atoms with E-state index in [0.29, 0.717) is 0 Å². The molecule has 0 aliphatic heterocycles. The summed E-state index contributed by atoms with van der Waals surface area (Å²) in [6, 6.07) is -0.901. The number of hydrogen-bond acceptors (Lipinski definition) is 3. The average Bonchev–Trinajstić information content (AvgIpc) is 2.09. The molecule has 0 aromatic heterocycles. The van der Waals surface area contributed by atoms with Gasteiger partial charge in [-0.1, -0.05) is 13.8 Å². The number of rotatable bonds is 7. The minimum Gasteiger partial charge on any atom is -0.481 e. The highest BCUT2D eigenvalue weighted by Crippen LogP contribution is 2.02. The fourth-order valence-corrected chi connectivity index (χ4v) is 1.18. The Bertz CT molecular complexity index is 276. The summed E-state index contributed by atoms with van der Waals surface area (Å²) in [7, 11) is 0. The van der Waals surface area contributed by atoms with E-state index in [1.807, 2.05) is 13.8 Å². The molecule has 0 unspecified atom stereocenters. The first kappa shape index (κ1) is 14.4. The van der Waals surface area contributed by atoms with Crippen molar-refractivity contribution in [3.05, 3.63) is 0 Å². The highest BCUT2D eigenvalue weighted by atomic mass is 16.4. The molecule has 0 rings (SSSR count). The summed E-state index contributed by atoms with van der Waals surface area (Å²) in [5, 5.41) is 10.9. The van der Waals surface area contributed by atoms with E-state index in [1.165, 1.54) is 0 Å². The van der Waals surface area contributed by atoms with Crippen molar-refractivity contribution in [2.24, 2.45) is 11.7 Å². The van der Waals surface area contributed by atoms with E-state index < -0.39 is 17.9 Å². The van der Waals surface area contributed by atoms with Crippen molar-refractivity contribution >= 4 is 17.8 Å². The lowest BCUT2D eigenvalue weighted by Gasteiger charge is -2.15. The normalized spacial score (nSPS) is 12.2. The van der Waals surface area contributed by atoms with Crippen LogP contribution in [0.4, 0.5) is 0 Å². The van der Waals surface area contributed by atoms with E-state index in [2.05, 4.69) is 5.32 Å². The van der Waals surface area contributed by atoms with Crippen LogP contribution in [0.1, 0.15) is 33.1 Å². The van der Waals surface area contributed by atoms with Crippen LogP contribution in [-0.2, 0) is 14.4 Å². The molecule has 0 aliphatic rings. The first-order valence-corrected chi connectivity index (χ1v) is 5.13. The highest BCUT2D eigenvalue weighted by Gasteiger charge is 2.19. The van der Waals surface area contributed by atoms with Crippen molar-refractivity contribution in [1.29, 1.82) is 0 Å². The summed E-state index contributed by atoms with van der Waals surface area (Å²) in [5.41, 5.74) is 5.06. The number of nitrogens with one attached hydrogen (secondary N) is 1. The maximum absolute atomic E-state index is 11.3. The molecule has 16 heavy (non-hydrogen) atoms. The van der Waals surface area contributed by atoms with E-state index in [0.717, 1.165) is 0 Å². The van der Waals surface area contributed by atoms with E-state index in [9.17, 15) is 14.4 Å². The number of aliphatic carboxylic acids is 1. The van der Waals surface area contributed by atoms with Crippen molar-refractivity contribution < 1.29 is 19.5 Å². The zero-order valence-electron chi connectivity index (χ0n) is 9.53. The lowest BCUT2D eigenvalue weighted by molar-refractivity contribution is -0.137. The Morgan fingerprint density at radius 1 is 1.31 bits per heavy atom. The second kappa shape index (κ2) is 6.81. The Morgan fingerprint density at radius 2 is 1.88 bits per heavy atom. The SMILES string of the molecule is CC(C)CC(=O)N[C@@H](CCC(=O)O)C(N)=O. The quantitative estimate of drug-likeness (QED) is 0.565. The van der Waals surface area contributed by atoms with Crippen LogP contribution in [0.2, 0.25) is 0 Å². The summed E-state index contributed by atoms with van der Waals surface area (Å²) < 4.78 is 0. The average molecular weight is 230 g/mol. The van der Waals surface area contributed by atoms with Gasteiger partial charge in [0.05, 0.1) is 0 Å². The third-order valence-corrected chi connectivity index (χ3v) is 1.92. The van der Waals surface area contributed by atoms with Crippen LogP contribution < -0.4 is 11.1 Å². The number of amides is 2. The first-order valence-electron chi connectivity index (χ1n) is 5.13. The molecule has 0 heterocycles. The highest BCUT2D eigenvalue weighted by molar-refractivity contribution is 5.86. The number of nitrogens with two attached hydrogens (primary N) is 1. The van der Waals surface area contributed by atoms with Crippen LogP contribution >= 0.6 is 0 Å². The Labute approximate surface area is 94.2 Å². The molecule has 0 spiro atoms. The van der Waals surface area contributed by atoms with Gasteiger partial charge in [-0.15, -0.1) is 0 Å². The number of carboxylic acid groups (broad SMARTS) is 1. The molecule has 4 N–H and O–H groups in total. The molecule has 2 amide bonds. The topological polar surface area (TPSA) is 109 Å². The molecule has 0 fully saturated rings. The number of carboxylic acids is 1. The van der Waals surface area contributed by atoms with Gasteiger partial charge in [-0.25, -0.2) is 0 Å². The fourth-order valence-electron chi connectivity index (χ4n) is 1.18. The third-order valence-electron chi connectivity index (χ3n) is 1.92. The fraction of sp³-hybridized carbons (Fsp3) is 0.700. The molecule has 1 atom stereocenters. The van der Waals surface area contributed by atoms with Crippen LogP contribution in [-0.4, -0.2) is 28.9 Å². The summed E-state index contributed by atoms with van der Waals surface area (Å²) in [6.07, 6.45) is 0.112. The molecule has 6 heteroatoms. The summed E-state index contributed by atoms with van der Waals surface area (Å²) >= 11 is 0. The van der Waals surface area contributed by atoms with Gasteiger partial charge in [-0.3, -0.25) is 14.4 Å². The lowest BCUT2D eigenvalue weighted by Crippen LogP contribution is -2.44. The van der Waals surface area contributed by atoms with Gasteiger partial charge in [0.25, 0.3) is 0 Å². The molecule has 0 aliphatic carbocycles. The zero-order valence-corrected chi connectivity index (χ0v) is 9.53. The number of carbonyl (C=O) groups is 3. The Kier molecular flexibility index (Phi) is 6.14. The largest absolute Gasteiger partial charge is 0.481 e. The molecule has 0 radical (unpaired) electrons. The third kappa shape index (κ3) is 6.80. The molecule has 6 nitrogen and oxygen atoms in total. The second-order valence-electron chi connectivity index (χ2n) is 4.05. The van der Waals surface area contributed by atoms with Crippen molar-refractivity contribution in [2.45, 2.75) is 39.2 Å². The first-order chi connectivity index (χ1) is 7.32. The molecule has 0 saturated heterocycles.